The zero-order valence-electron chi connectivity index (χ0n) is 14.5. The molecule has 1 aliphatic heterocycles. The van der Waals surface area contributed by atoms with E-state index in [9.17, 15) is 18.9 Å². The summed E-state index contributed by atoms with van der Waals surface area (Å²) >= 11 is 0. The summed E-state index contributed by atoms with van der Waals surface area (Å²) in [6, 6.07) is 5.14. The van der Waals surface area contributed by atoms with Gasteiger partial charge in [0.05, 0.1) is 11.7 Å². The molecule has 0 radical (unpaired) electrons. The van der Waals surface area contributed by atoms with Crippen LogP contribution in [0, 0.1) is 0 Å². The van der Waals surface area contributed by atoms with Crippen LogP contribution in [-0.4, -0.2) is 44.3 Å². The molecule has 0 bridgehead atoms. The molecule has 6 N–H and O–H groups in total. The van der Waals surface area contributed by atoms with Gasteiger partial charge in [0.25, 0.3) is 11.8 Å². The minimum atomic E-state index is -4.35. The molecule has 0 unspecified atom stereocenters. The number of amidine groups is 2. The Balaban J connectivity index is 1.90. The third kappa shape index (κ3) is 5.71. The van der Waals surface area contributed by atoms with Crippen molar-refractivity contribution in [2.24, 2.45) is 21.7 Å². The second kappa shape index (κ2) is 8.74. The summed E-state index contributed by atoms with van der Waals surface area (Å²) < 4.78 is 11.1. The van der Waals surface area contributed by atoms with E-state index in [-0.39, 0.29) is 42.7 Å². The first kappa shape index (κ1) is 21.2. The van der Waals surface area contributed by atoms with Gasteiger partial charge >= 0.3 is 13.6 Å². The van der Waals surface area contributed by atoms with Gasteiger partial charge in [-0.3, -0.25) is 14.2 Å². The molecule has 1 heterocycles. The van der Waals surface area contributed by atoms with Gasteiger partial charge in [0, 0.05) is 24.8 Å². The lowest BCUT2D eigenvalue weighted by atomic mass is 10.2. The van der Waals surface area contributed by atoms with E-state index in [1.54, 1.807) is 0 Å². The minimum absolute atomic E-state index is 0.00115. The average molecular weight is 411 g/mol. The molecule has 0 atom stereocenters. The highest BCUT2D eigenvalue weighted by Gasteiger charge is 2.32. The van der Waals surface area contributed by atoms with Gasteiger partial charge < -0.3 is 26.1 Å². The topological polar surface area (TPSA) is 198 Å². The number of rotatable bonds is 7. The highest BCUT2D eigenvalue weighted by molar-refractivity contribution is 7.60. The maximum Gasteiger partial charge on any atom is 0.356 e. The van der Waals surface area contributed by atoms with Crippen molar-refractivity contribution in [3.8, 4) is 0 Å². The summed E-state index contributed by atoms with van der Waals surface area (Å²) in [5.74, 6) is -2.10. The van der Waals surface area contributed by atoms with E-state index in [0.717, 1.165) is 0 Å². The highest BCUT2D eigenvalue weighted by atomic mass is 31.2. The van der Waals surface area contributed by atoms with Crippen LogP contribution in [0.1, 0.15) is 31.2 Å². The van der Waals surface area contributed by atoms with E-state index in [4.69, 9.17) is 21.3 Å². The van der Waals surface area contributed by atoms with E-state index in [1.165, 1.54) is 24.3 Å². The summed E-state index contributed by atoms with van der Waals surface area (Å²) in [6.45, 7) is 0. The maximum atomic E-state index is 11.7. The Labute approximate surface area is 159 Å². The molecule has 2 rings (SSSR count). The predicted molar refractivity (Wildman–Crippen MR) is 96.9 cm³/mol. The third-order valence-corrected chi connectivity index (χ3v) is 4.54. The first-order valence-electron chi connectivity index (χ1n) is 7.96. The largest absolute Gasteiger partial charge is 0.386 e. The van der Waals surface area contributed by atoms with Crippen LogP contribution in [0.3, 0.4) is 0 Å². The molecule has 0 spiro atoms. The third-order valence-electron chi connectivity index (χ3n) is 3.57. The van der Waals surface area contributed by atoms with Gasteiger partial charge in [-0.15, -0.1) is 15.3 Å². The van der Waals surface area contributed by atoms with Crippen LogP contribution in [0.5, 0.6) is 0 Å². The van der Waals surface area contributed by atoms with Crippen molar-refractivity contribution in [3.05, 3.63) is 29.8 Å². The summed E-state index contributed by atoms with van der Waals surface area (Å²) in [5.41, 5.74) is 11.7. The Morgan fingerprint density at radius 3 is 2.18 bits per heavy atom. The number of benzene rings is 1. The van der Waals surface area contributed by atoms with E-state index in [2.05, 4.69) is 15.0 Å². The molecule has 0 saturated carbocycles. The fraction of sp³-hybridized carbons (Fsp3) is 0.267. The fourth-order valence-electron chi connectivity index (χ4n) is 2.09. The number of carbonyl (C=O) groups excluding carboxylic acids is 3. The molecule has 1 aromatic carbocycles. The van der Waals surface area contributed by atoms with Gasteiger partial charge in [-0.25, -0.2) is 4.79 Å². The Morgan fingerprint density at radius 2 is 1.64 bits per heavy atom. The quantitative estimate of drug-likeness (QED) is 0.141. The van der Waals surface area contributed by atoms with E-state index in [0.29, 0.717) is 10.6 Å². The van der Waals surface area contributed by atoms with E-state index >= 15 is 0 Å². The Morgan fingerprint density at radius 1 is 1.07 bits per heavy atom. The monoisotopic (exact) mass is 411 g/mol. The molecular formula is C15H18N5O7P. The Hall–Kier alpha value is -3.08. The van der Waals surface area contributed by atoms with E-state index < -0.39 is 25.4 Å². The number of imide groups is 1. The molecule has 1 aliphatic rings. The summed E-state index contributed by atoms with van der Waals surface area (Å²) in [7, 11) is -4.35. The molecule has 0 aliphatic carbocycles. The highest BCUT2D eigenvalue weighted by Crippen LogP contribution is 2.32. The summed E-state index contributed by atoms with van der Waals surface area (Å²) in [5, 5.41) is 7.61. The zero-order chi connectivity index (χ0) is 20.9. The van der Waals surface area contributed by atoms with Crippen molar-refractivity contribution in [2.45, 2.75) is 25.7 Å². The second-order valence-corrected chi connectivity index (χ2v) is 7.32. The molecule has 2 amide bonds. The predicted octanol–water partition coefficient (Wildman–Crippen LogP) is -1.15. The lowest BCUT2D eigenvalue weighted by Gasteiger charge is -2.12. The lowest BCUT2D eigenvalue weighted by molar-refractivity contribution is -0.197. The van der Waals surface area contributed by atoms with Gasteiger partial charge in [-0.05, 0) is 12.1 Å². The van der Waals surface area contributed by atoms with Gasteiger partial charge in [-0.2, -0.15) is 0 Å². The van der Waals surface area contributed by atoms with Crippen LogP contribution in [-0.2, 0) is 23.8 Å². The van der Waals surface area contributed by atoms with E-state index in [1.807, 2.05) is 0 Å². The van der Waals surface area contributed by atoms with Crippen molar-refractivity contribution < 1.29 is 33.6 Å². The van der Waals surface area contributed by atoms with Crippen LogP contribution in [0.4, 0.5) is 0 Å². The number of amides is 2. The molecule has 12 nitrogen and oxygen atoms in total. The first-order chi connectivity index (χ1) is 13.1. The molecule has 0 aromatic heterocycles. The Bertz CT molecular complexity index is 875. The first-order valence-corrected chi connectivity index (χ1v) is 9.57. The van der Waals surface area contributed by atoms with Crippen molar-refractivity contribution in [1.29, 1.82) is 0 Å². The van der Waals surface area contributed by atoms with Crippen molar-refractivity contribution >= 4 is 42.4 Å². The number of nitrogens with zero attached hydrogens (tertiary/aromatic N) is 3. The number of hydrogen-bond acceptors (Lipinski definition) is 7. The minimum Gasteiger partial charge on any atom is -0.386 e. The second-order valence-electron chi connectivity index (χ2n) is 5.71. The number of hydroxylamine groups is 2. The van der Waals surface area contributed by atoms with Crippen molar-refractivity contribution in [2.75, 3.05) is 0 Å². The Kier molecular flexibility index (Phi) is 6.62. The van der Waals surface area contributed by atoms with Crippen molar-refractivity contribution in [3.63, 3.8) is 0 Å². The van der Waals surface area contributed by atoms with Crippen LogP contribution >= 0.6 is 7.60 Å². The average Bonchev–Trinajstić information content (AvgIpc) is 2.95. The number of carbonyl (C=O) groups is 3. The normalized spacial score (nSPS) is 15.9. The molecule has 150 valence electrons. The van der Waals surface area contributed by atoms with Gasteiger partial charge in [0.1, 0.15) is 5.84 Å². The SMILES string of the molecule is N/C(CCC(=O)ON1C(=O)CCC1=O)=N\N=C(/N)c1ccc(P(=O)(O)O)cc1. The standard InChI is InChI=1S/C15H18N5O7P/c16-11(5-8-14(23)27-20-12(21)6-7-13(20)22)18-19-15(17)9-1-3-10(4-2-9)28(24,25)26/h1-4H,5-8H2,(H2,16,18)(H2,17,19)(H2,24,25,26). The molecule has 13 heteroatoms. The molecule has 1 fully saturated rings. The summed E-state index contributed by atoms with van der Waals surface area (Å²) in [4.78, 5) is 57.1. The molecule has 28 heavy (non-hydrogen) atoms. The summed E-state index contributed by atoms with van der Waals surface area (Å²) in [6.07, 6.45) is -0.292. The van der Waals surface area contributed by atoms with Gasteiger partial charge in [0.15, 0.2) is 5.84 Å². The van der Waals surface area contributed by atoms with Crippen LogP contribution < -0.4 is 16.8 Å². The van der Waals surface area contributed by atoms with Crippen LogP contribution in [0.25, 0.3) is 0 Å². The van der Waals surface area contributed by atoms with Gasteiger partial charge in [0.2, 0.25) is 0 Å². The number of hydrogen-bond donors (Lipinski definition) is 4. The number of nitrogens with two attached hydrogens (primary N) is 2. The van der Waals surface area contributed by atoms with Gasteiger partial charge in [-0.1, -0.05) is 12.1 Å². The molecule has 1 saturated heterocycles. The molecular weight excluding hydrogens is 393 g/mol. The lowest BCUT2D eigenvalue weighted by Crippen LogP contribution is -2.32. The smallest absolute Gasteiger partial charge is 0.356 e. The van der Waals surface area contributed by atoms with Crippen molar-refractivity contribution in [1.82, 2.24) is 5.06 Å². The maximum absolute atomic E-state index is 11.7. The molecule has 1 aromatic rings. The zero-order valence-corrected chi connectivity index (χ0v) is 15.4. The van der Waals surface area contributed by atoms with Crippen LogP contribution in [0.15, 0.2) is 34.5 Å². The van der Waals surface area contributed by atoms with Crippen LogP contribution in [0.2, 0.25) is 0 Å². The fourth-order valence-corrected chi connectivity index (χ4v) is 2.63.